The number of pyridine rings is 1. The Morgan fingerprint density at radius 2 is 1.72 bits per heavy atom. The number of para-hydroxylation sites is 1. The van der Waals surface area contributed by atoms with Crippen LogP contribution in [0.4, 0.5) is 10.5 Å². The van der Waals surface area contributed by atoms with Gasteiger partial charge in [-0.1, -0.05) is 48.2 Å². The third kappa shape index (κ3) is 7.92. The van der Waals surface area contributed by atoms with E-state index in [1.165, 1.54) is 21.3 Å². The second-order valence-corrected chi connectivity index (χ2v) is 11.4. The summed E-state index contributed by atoms with van der Waals surface area (Å²) in [5, 5.41) is 16.9. The first-order valence-electron chi connectivity index (χ1n) is 14.6. The minimum atomic E-state index is -1.09. The molecule has 0 aliphatic heterocycles. The first kappa shape index (κ1) is 32.6. The molecule has 2 N–H and O–H groups in total. The van der Waals surface area contributed by atoms with Crippen LogP contribution in [0.15, 0.2) is 101 Å². The molecular weight excluding hydrogens is 618 g/mol. The van der Waals surface area contributed by atoms with Crippen LogP contribution in [0.1, 0.15) is 40.2 Å². The molecule has 0 atom stereocenters. The van der Waals surface area contributed by atoms with E-state index in [1.807, 2.05) is 54.6 Å². The van der Waals surface area contributed by atoms with Gasteiger partial charge in [-0.15, -0.1) is 0 Å². The van der Waals surface area contributed by atoms with Crippen LogP contribution in [0.3, 0.4) is 0 Å². The van der Waals surface area contributed by atoms with Crippen molar-refractivity contribution in [3.63, 3.8) is 0 Å². The minimum absolute atomic E-state index is 0.143. The number of rotatable bonds is 11. The lowest BCUT2D eigenvalue weighted by Crippen LogP contribution is -2.32. The van der Waals surface area contributed by atoms with Gasteiger partial charge in [-0.2, -0.15) is 9.78 Å². The fourth-order valence-electron chi connectivity index (χ4n) is 4.74. The van der Waals surface area contributed by atoms with Crippen molar-refractivity contribution in [1.29, 1.82) is 0 Å². The summed E-state index contributed by atoms with van der Waals surface area (Å²) in [7, 11) is 3.18. The van der Waals surface area contributed by atoms with Crippen LogP contribution in [-0.4, -0.2) is 57.8 Å². The molecule has 0 radical (unpaired) electrons. The molecule has 0 bridgehead atoms. The van der Waals surface area contributed by atoms with Gasteiger partial charge in [0.1, 0.15) is 6.61 Å². The number of ether oxygens (including phenoxy) is 1. The minimum Gasteiger partial charge on any atom is -0.481 e. The van der Waals surface area contributed by atoms with Gasteiger partial charge in [-0.3, -0.25) is 24.3 Å². The average Bonchev–Trinajstić information content (AvgIpc) is 3.46. The number of esters is 1. The van der Waals surface area contributed by atoms with Crippen molar-refractivity contribution in [2.45, 2.75) is 29.2 Å². The van der Waals surface area contributed by atoms with E-state index in [-0.39, 0.29) is 25.4 Å². The first-order valence-corrected chi connectivity index (χ1v) is 15.4. The standard InChI is InChI=1S/C35H31N5O6S/c1-36-34(44)27-11-4-6-13-31(27)47-25-15-16-26-28(17-14-24-10-7-8-20-37-24)38-40(30(26)21-25)35(45)39(2)29-12-5-3-9-23(29)22-46-33(43)19-18-32(41)42/h3-17,20-21H,18-19,22H2,1-2H3,(H,36,44)(H,41,42)/b17-14+. The Kier molecular flexibility index (Phi) is 10.4. The van der Waals surface area contributed by atoms with E-state index in [0.717, 1.165) is 20.9 Å². The van der Waals surface area contributed by atoms with E-state index in [9.17, 15) is 19.2 Å². The molecule has 5 aromatic rings. The van der Waals surface area contributed by atoms with Crippen LogP contribution in [0.2, 0.25) is 0 Å². The summed E-state index contributed by atoms with van der Waals surface area (Å²) in [5.74, 6) is -1.95. The van der Waals surface area contributed by atoms with Crippen LogP contribution >= 0.6 is 11.8 Å². The quantitative estimate of drug-likeness (QED) is 0.162. The molecule has 238 valence electrons. The number of nitrogens with one attached hydrogen (secondary N) is 1. The van der Waals surface area contributed by atoms with Gasteiger partial charge in [0, 0.05) is 41.0 Å². The van der Waals surface area contributed by atoms with Gasteiger partial charge in [0.15, 0.2) is 0 Å². The number of amides is 2. The summed E-state index contributed by atoms with van der Waals surface area (Å²) in [5.41, 5.74) is 3.40. The molecule has 0 fully saturated rings. The number of benzene rings is 3. The number of anilines is 1. The zero-order valence-corrected chi connectivity index (χ0v) is 26.4. The van der Waals surface area contributed by atoms with Crippen molar-refractivity contribution in [3.05, 3.63) is 114 Å². The number of aromatic nitrogens is 3. The number of aliphatic carboxylic acids is 1. The van der Waals surface area contributed by atoms with E-state index in [0.29, 0.717) is 28.0 Å². The molecule has 2 aromatic heterocycles. The summed E-state index contributed by atoms with van der Waals surface area (Å²) in [6, 6.07) is 25.0. The Morgan fingerprint density at radius 1 is 0.957 bits per heavy atom. The molecule has 12 heteroatoms. The van der Waals surface area contributed by atoms with Crippen molar-refractivity contribution in [2.24, 2.45) is 0 Å². The molecule has 0 aliphatic carbocycles. The lowest BCUT2D eigenvalue weighted by Gasteiger charge is -2.21. The third-order valence-electron chi connectivity index (χ3n) is 7.12. The number of fused-ring (bicyclic) bond motifs is 1. The molecule has 0 aliphatic rings. The van der Waals surface area contributed by atoms with Gasteiger partial charge >= 0.3 is 18.0 Å². The number of hydrogen-bond acceptors (Lipinski definition) is 8. The number of hydrogen-bond donors (Lipinski definition) is 2. The molecule has 0 spiro atoms. The highest BCUT2D eigenvalue weighted by Gasteiger charge is 2.22. The predicted molar refractivity (Wildman–Crippen MR) is 179 cm³/mol. The van der Waals surface area contributed by atoms with Crippen molar-refractivity contribution in [2.75, 3.05) is 19.0 Å². The normalized spacial score (nSPS) is 11.0. The summed E-state index contributed by atoms with van der Waals surface area (Å²) in [6.45, 7) is -0.143. The van der Waals surface area contributed by atoms with Gasteiger partial charge < -0.3 is 15.2 Å². The van der Waals surface area contributed by atoms with Gasteiger partial charge in [0.2, 0.25) is 0 Å². The summed E-state index contributed by atoms with van der Waals surface area (Å²) >= 11 is 1.39. The fraction of sp³-hybridized carbons (Fsp3) is 0.143. The zero-order valence-electron chi connectivity index (χ0n) is 25.6. The molecule has 2 heterocycles. The molecule has 0 saturated heterocycles. The molecular formula is C35H31N5O6S. The average molecular weight is 650 g/mol. The van der Waals surface area contributed by atoms with Gasteiger partial charge in [0.25, 0.3) is 5.91 Å². The lowest BCUT2D eigenvalue weighted by atomic mass is 10.1. The molecule has 3 aromatic carbocycles. The van der Waals surface area contributed by atoms with E-state index in [4.69, 9.17) is 14.9 Å². The second kappa shape index (κ2) is 15.0. The smallest absolute Gasteiger partial charge is 0.349 e. The number of carboxylic acids is 1. The molecule has 47 heavy (non-hydrogen) atoms. The monoisotopic (exact) mass is 649 g/mol. The van der Waals surface area contributed by atoms with Gasteiger partial charge in [0.05, 0.1) is 41.0 Å². The molecule has 2 amide bonds. The predicted octanol–water partition coefficient (Wildman–Crippen LogP) is 6.13. The maximum atomic E-state index is 14.1. The Morgan fingerprint density at radius 3 is 2.49 bits per heavy atom. The molecule has 0 unspecified atom stereocenters. The van der Waals surface area contributed by atoms with Crippen molar-refractivity contribution in [1.82, 2.24) is 20.1 Å². The highest BCUT2D eigenvalue weighted by Crippen LogP contribution is 2.34. The van der Waals surface area contributed by atoms with Gasteiger partial charge in [-0.25, -0.2) is 4.79 Å². The largest absolute Gasteiger partial charge is 0.481 e. The van der Waals surface area contributed by atoms with E-state index in [1.54, 1.807) is 62.8 Å². The Balaban J connectivity index is 1.50. The van der Waals surface area contributed by atoms with Crippen LogP contribution in [0, 0.1) is 0 Å². The molecule has 11 nitrogen and oxygen atoms in total. The maximum Gasteiger partial charge on any atom is 0.349 e. The Hall–Kier alpha value is -5.75. The SMILES string of the molecule is CNC(=O)c1ccccc1Sc1ccc2c(/C=C/c3ccccn3)nn(C(=O)N(C)c3ccccc3COC(=O)CCC(=O)O)c2c1. The number of carboxylic acid groups (broad SMARTS) is 1. The highest BCUT2D eigenvalue weighted by atomic mass is 32.2. The summed E-state index contributed by atoms with van der Waals surface area (Å²) < 4.78 is 6.62. The van der Waals surface area contributed by atoms with E-state index in [2.05, 4.69) is 10.3 Å². The topological polar surface area (TPSA) is 144 Å². The number of nitrogens with zero attached hydrogens (tertiary/aromatic N) is 4. The lowest BCUT2D eigenvalue weighted by molar-refractivity contribution is -0.148. The van der Waals surface area contributed by atoms with Crippen molar-refractivity contribution < 1.29 is 29.0 Å². The Bertz CT molecular complexity index is 1970. The molecule has 0 saturated carbocycles. The Labute approximate surface area is 274 Å². The second-order valence-electron chi connectivity index (χ2n) is 10.3. The van der Waals surface area contributed by atoms with Crippen LogP contribution in [-0.2, 0) is 20.9 Å². The van der Waals surface area contributed by atoms with Crippen molar-refractivity contribution in [3.8, 4) is 0 Å². The van der Waals surface area contributed by atoms with E-state index >= 15 is 0 Å². The maximum absolute atomic E-state index is 14.1. The number of carbonyl (C=O) groups excluding carboxylic acids is 3. The van der Waals surface area contributed by atoms with Crippen molar-refractivity contribution >= 4 is 64.4 Å². The molecule has 5 rings (SSSR count). The summed E-state index contributed by atoms with van der Waals surface area (Å²) in [6.07, 6.45) is 4.72. The van der Waals surface area contributed by atoms with Crippen LogP contribution < -0.4 is 10.2 Å². The third-order valence-corrected chi connectivity index (χ3v) is 8.19. The highest BCUT2D eigenvalue weighted by molar-refractivity contribution is 7.99. The van der Waals surface area contributed by atoms with Crippen LogP contribution in [0.5, 0.6) is 0 Å². The van der Waals surface area contributed by atoms with Crippen LogP contribution in [0.25, 0.3) is 23.1 Å². The van der Waals surface area contributed by atoms with E-state index < -0.39 is 18.0 Å². The van der Waals surface area contributed by atoms with Gasteiger partial charge in [-0.05, 0) is 60.7 Å². The summed E-state index contributed by atoms with van der Waals surface area (Å²) in [4.78, 5) is 56.8. The number of carbonyl (C=O) groups is 4. The first-order chi connectivity index (χ1) is 22.7. The zero-order chi connectivity index (χ0) is 33.3. The fourth-order valence-corrected chi connectivity index (χ4v) is 5.72.